The van der Waals surface area contributed by atoms with E-state index in [1.54, 1.807) is 11.4 Å². The Morgan fingerprint density at radius 1 is 1.38 bits per heavy atom. The van der Waals surface area contributed by atoms with Crippen LogP contribution < -0.4 is 10.6 Å². The van der Waals surface area contributed by atoms with E-state index in [-0.39, 0.29) is 18.4 Å². The van der Waals surface area contributed by atoms with Crippen molar-refractivity contribution in [3.8, 4) is 0 Å². The third-order valence-electron chi connectivity index (χ3n) is 2.58. The largest absolute Gasteiger partial charge is 0.480 e. The van der Waals surface area contributed by atoms with Crippen LogP contribution in [0, 0.1) is 5.92 Å². The summed E-state index contributed by atoms with van der Waals surface area (Å²) in [6, 6.07) is 0.709. The van der Waals surface area contributed by atoms with Crippen molar-refractivity contribution in [2.24, 2.45) is 5.92 Å². The lowest BCUT2D eigenvalue weighted by molar-refractivity contribution is -0.142. The summed E-state index contributed by atoms with van der Waals surface area (Å²) in [5.74, 6) is -1.83. The fourth-order valence-electron chi connectivity index (χ4n) is 1.63. The first kappa shape index (κ1) is 17.6. The predicted molar refractivity (Wildman–Crippen MR) is 83.4 cm³/mol. The van der Waals surface area contributed by atoms with Crippen LogP contribution in [0.1, 0.15) is 30.6 Å². The molecule has 0 saturated heterocycles. The first-order valence-corrected chi connectivity index (χ1v) is 8.01. The van der Waals surface area contributed by atoms with Gasteiger partial charge in [-0.15, -0.1) is 11.3 Å². The molecular weight excluding hydrogens is 360 g/mol. The van der Waals surface area contributed by atoms with Gasteiger partial charge in [0.25, 0.3) is 5.91 Å². The minimum absolute atomic E-state index is 0.143. The summed E-state index contributed by atoms with van der Waals surface area (Å²) in [5.41, 5.74) is 0.455. The van der Waals surface area contributed by atoms with Crippen molar-refractivity contribution >= 4 is 45.1 Å². The zero-order valence-corrected chi connectivity index (χ0v) is 14.1. The normalized spacial score (nSPS) is 12.0. The van der Waals surface area contributed by atoms with Crippen molar-refractivity contribution in [1.82, 2.24) is 10.6 Å². The zero-order chi connectivity index (χ0) is 16.0. The minimum Gasteiger partial charge on any atom is -0.480 e. The molecule has 0 saturated carbocycles. The molecule has 0 aliphatic carbocycles. The Morgan fingerprint density at radius 3 is 2.52 bits per heavy atom. The molecule has 8 heteroatoms. The Hall–Kier alpha value is -1.41. The van der Waals surface area contributed by atoms with Crippen molar-refractivity contribution in [2.75, 3.05) is 6.54 Å². The molecule has 1 heterocycles. The van der Waals surface area contributed by atoms with Crippen LogP contribution in [0.25, 0.3) is 0 Å². The molecule has 0 aromatic carbocycles. The van der Waals surface area contributed by atoms with Gasteiger partial charge in [-0.1, -0.05) is 13.8 Å². The lowest BCUT2D eigenvalue weighted by atomic mass is 10.0. The van der Waals surface area contributed by atoms with E-state index in [1.165, 1.54) is 11.3 Å². The second-order valence-corrected chi connectivity index (χ2v) is 7.20. The number of rotatable bonds is 7. The molecule has 116 valence electrons. The van der Waals surface area contributed by atoms with E-state index in [0.717, 1.165) is 3.79 Å². The van der Waals surface area contributed by atoms with Crippen LogP contribution in [0.4, 0.5) is 0 Å². The summed E-state index contributed by atoms with van der Waals surface area (Å²) in [6.07, 6.45) is 0.340. The second kappa shape index (κ2) is 8.14. The molecule has 0 unspecified atom stereocenters. The van der Waals surface area contributed by atoms with E-state index in [9.17, 15) is 14.4 Å². The van der Waals surface area contributed by atoms with Crippen LogP contribution in [-0.2, 0) is 9.59 Å². The summed E-state index contributed by atoms with van der Waals surface area (Å²) in [4.78, 5) is 34.4. The average Bonchev–Trinajstić information content (AvgIpc) is 2.81. The molecule has 21 heavy (non-hydrogen) atoms. The standard InChI is InChI=1S/C13H17BrN2O4S/c1-7(2)3-9(13(19)20)16-11(17)5-15-12(18)8-4-10(14)21-6-8/h4,6-7,9H,3,5H2,1-2H3,(H,15,18)(H,16,17)(H,19,20)/t9-/m0/s1. The number of hydrogen-bond donors (Lipinski definition) is 3. The highest BCUT2D eigenvalue weighted by atomic mass is 79.9. The molecule has 0 aliphatic heterocycles. The fourth-order valence-corrected chi connectivity index (χ4v) is 2.77. The van der Waals surface area contributed by atoms with Gasteiger partial charge in [-0.25, -0.2) is 4.79 Å². The third kappa shape index (κ3) is 6.26. The van der Waals surface area contributed by atoms with E-state index in [2.05, 4.69) is 26.6 Å². The van der Waals surface area contributed by atoms with Crippen molar-refractivity contribution in [1.29, 1.82) is 0 Å². The smallest absolute Gasteiger partial charge is 0.326 e. The highest BCUT2D eigenvalue weighted by molar-refractivity contribution is 9.11. The third-order valence-corrected chi connectivity index (χ3v) is 4.08. The molecule has 0 fully saturated rings. The number of carbonyl (C=O) groups excluding carboxylic acids is 2. The zero-order valence-electron chi connectivity index (χ0n) is 11.7. The average molecular weight is 377 g/mol. The Morgan fingerprint density at radius 2 is 2.05 bits per heavy atom. The Balaban J connectivity index is 2.45. The number of carboxylic acid groups (broad SMARTS) is 1. The summed E-state index contributed by atoms with van der Waals surface area (Å²) < 4.78 is 0.819. The first-order chi connectivity index (χ1) is 9.79. The maximum atomic E-state index is 11.7. The van der Waals surface area contributed by atoms with Gasteiger partial charge in [0.2, 0.25) is 5.91 Å². The van der Waals surface area contributed by atoms with Gasteiger partial charge in [0, 0.05) is 5.38 Å². The van der Waals surface area contributed by atoms with Gasteiger partial charge >= 0.3 is 5.97 Å². The minimum atomic E-state index is -1.08. The summed E-state index contributed by atoms with van der Waals surface area (Å²) in [5, 5.41) is 15.5. The van der Waals surface area contributed by atoms with Gasteiger partial charge in [-0.05, 0) is 34.3 Å². The Bertz CT molecular complexity index is 530. The number of carbonyl (C=O) groups is 3. The number of carboxylic acids is 1. The first-order valence-electron chi connectivity index (χ1n) is 6.34. The van der Waals surface area contributed by atoms with Crippen LogP contribution in [0.5, 0.6) is 0 Å². The lowest BCUT2D eigenvalue weighted by Crippen LogP contribution is -2.46. The highest BCUT2D eigenvalue weighted by Gasteiger charge is 2.21. The quantitative estimate of drug-likeness (QED) is 0.676. The van der Waals surface area contributed by atoms with Crippen molar-refractivity contribution in [2.45, 2.75) is 26.3 Å². The van der Waals surface area contributed by atoms with Crippen LogP contribution >= 0.6 is 27.3 Å². The van der Waals surface area contributed by atoms with Crippen molar-refractivity contribution in [3.05, 3.63) is 20.8 Å². The monoisotopic (exact) mass is 376 g/mol. The van der Waals surface area contributed by atoms with E-state index < -0.39 is 17.9 Å². The molecule has 0 aliphatic rings. The van der Waals surface area contributed by atoms with Crippen molar-refractivity contribution in [3.63, 3.8) is 0 Å². The molecule has 0 radical (unpaired) electrons. The summed E-state index contributed by atoms with van der Waals surface area (Å²) in [7, 11) is 0. The van der Waals surface area contributed by atoms with E-state index in [4.69, 9.17) is 5.11 Å². The highest BCUT2D eigenvalue weighted by Crippen LogP contribution is 2.20. The molecule has 2 amide bonds. The predicted octanol–water partition coefficient (Wildman–Crippen LogP) is 1.86. The second-order valence-electron chi connectivity index (χ2n) is 4.91. The van der Waals surface area contributed by atoms with Gasteiger partial charge in [0.15, 0.2) is 0 Å². The van der Waals surface area contributed by atoms with Gasteiger partial charge in [-0.3, -0.25) is 9.59 Å². The summed E-state index contributed by atoms with van der Waals surface area (Å²) >= 11 is 4.61. The van der Waals surface area contributed by atoms with E-state index in [1.807, 2.05) is 13.8 Å². The maximum absolute atomic E-state index is 11.7. The summed E-state index contributed by atoms with van der Waals surface area (Å²) in [6.45, 7) is 3.49. The Labute approximate surface area is 135 Å². The molecular formula is C13H17BrN2O4S. The number of halogens is 1. The van der Waals surface area contributed by atoms with Gasteiger partial charge in [0.05, 0.1) is 15.9 Å². The number of aliphatic carboxylic acids is 1. The van der Waals surface area contributed by atoms with Crippen LogP contribution in [0.2, 0.25) is 0 Å². The SMILES string of the molecule is CC(C)C[C@H](NC(=O)CNC(=O)c1csc(Br)c1)C(=O)O. The molecule has 0 bridgehead atoms. The molecule has 1 aromatic heterocycles. The maximum Gasteiger partial charge on any atom is 0.326 e. The molecule has 3 N–H and O–H groups in total. The fraction of sp³-hybridized carbons (Fsp3) is 0.462. The number of nitrogens with one attached hydrogen (secondary N) is 2. The van der Waals surface area contributed by atoms with Gasteiger partial charge in [-0.2, -0.15) is 0 Å². The molecule has 6 nitrogen and oxygen atoms in total. The van der Waals surface area contributed by atoms with Gasteiger partial charge < -0.3 is 15.7 Å². The topological polar surface area (TPSA) is 95.5 Å². The molecule has 0 spiro atoms. The van der Waals surface area contributed by atoms with Crippen LogP contribution in [0.3, 0.4) is 0 Å². The Kier molecular flexibility index (Phi) is 6.83. The van der Waals surface area contributed by atoms with Crippen molar-refractivity contribution < 1.29 is 19.5 Å². The van der Waals surface area contributed by atoms with E-state index in [0.29, 0.717) is 12.0 Å². The number of hydrogen-bond acceptors (Lipinski definition) is 4. The van der Waals surface area contributed by atoms with Gasteiger partial charge in [0.1, 0.15) is 6.04 Å². The molecule has 1 aromatic rings. The molecule has 1 rings (SSSR count). The van der Waals surface area contributed by atoms with Crippen LogP contribution in [0.15, 0.2) is 15.2 Å². The van der Waals surface area contributed by atoms with E-state index >= 15 is 0 Å². The van der Waals surface area contributed by atoms with Crippen LogP contribution in [-0.4, -0.2) is 35.5 Å². The number of amides is 2. The number of thiophene rings is 1. The lowest BCUT2D eigenvalue weighted by Gasteiger charge is -2.16. The molecule has 1 atom stereocenters.